The topological polar surface area (TPSA) is 53.7 Å². The van der Waals surface area contributed by atoms with Crippen molar-refractivity contribution in [2.24, 2.45) is 4.99 Å². The third kappa shape index (κ3) is 4.34. The van der Waals surface area contributed by atoms with Crippen LogP contribution in [0.4, 0.5) is 0 Å². The molecule has 0 aromatic carbocycles. The van der Waals surface area contributed by atoms with Crippen molar-refractivity contribution < 1.29 is 0 Å². The summed E-state index contributed by atoms with van der Waals surface area (Å²) in [4.78, 5) is 8.88. The lowest BCUT2D eigenvalue weighted by atomic mass is 10.2. The number of hydrogen-bond acceptors (Lipinski definition) is 2. The Hall–Kier alpha value is -0.830. The van der Waals surface area contributed by atoms with Crippen LogP contribution in [-0.4, -0.2) is 28.4 Å². The minimum absolute atomic E-state index is 0. The summed E-state index contributed by atoms with van der Waals surface area (Å²) in [6.45, 7) is 0.672. The Bertz CT molecular complexity index is 648. The molecule has 0 unspecified atom stereocenters. The van der Waals surface area contributed by atoms with Crippen LogP contribution >= 0.6 is 39.9 Å². The van der Waals surface area contributed by atoms with Crippen LogP contribution in [0.15, 0.2) is 34.0 Å². The number of rotatable bonds is 3. The second kappa shape index (κ2) is 8.14. The molecule has 1 aliphatic carbocycles. The van der Waals surface area contributed by atoms with Crippen molar-refractivity contribution >= 4 is 51.5 Å². The van der Waals surface area contributed by atoms with E-state index in [2.05, 4.69) is 36.5 Å². The van der Waals surface area contributed by atoms with Gasteiger partial charge in [0.15, 0.2) is 5.96 Å². The van der Waals surface area contributed by atoms with Crippen LogP contribution in [0.25, 0.3) is 5.65 Å². The molecule has 0 radical (unpaired) electrons. The first kappa shape index (κ1) is 17.5. The van der Waals surface area contributed by atoms with E-state index in [-0.39, 0.29) is 24.0 Å². The summed E-state index contributed by atoms with van der Waals surface area (Å²) in [6.07, 6.45) is 9.16. The molecule has 0 aliphatic heterocycles. The second-order valence-electron chi connectivity index (χ2n) is 5.40. The molecule has 0 atom stereocenters. The predicted octanol–water partition coefficient (Wildman–Crippen LogP) is 3.32. The molecule has 0 saturated heterocycles. The first-order valence-electron chi connectivity index (χ1n) is 7.35. The number of nitrogens with zero attached hydrogens (tertiary/aromatic N) is 3. The first-order valence-corrected chi connectivity index (χ1v) is 8.14. The van der Waals surface area contributed by atoms with E-state index in [0.29, 0.717) is 12.6 Å². The fourth-order valence-electron chi connectivity index (χ4n) is 2.73. The third-order valence-corrected chi connectivity index (χ3v) is 4.29. The number of halogens is 2. The van der Waals surface area contributed by atoms with Gasteiger partial charge in [-0.1, -0.05) is 12.8 Å². The molecule has 1 fully saturated rings. The highest BCUT2D eigenvalue weighted by molar-refractivity contribution is 14.0. The Balaban J connectivity index is 0.00000176. The van der Waals surface area contributed by atoms with Crippen molar-refractivity contribution in [3.05, 3.63) is 34.7 Å². The van der Waals surface area contributed by atoms with Crippen molar-refractivity contribution in [2.45, 2.75) is 38.3 Å². The smallest absolute Gasteiger partial charge is 0.191 e. The SMILES string of the molecule is CN=C(NCc1cn2cc(Br)ccc2n1)NC1CCCC1.I. The van der Waals surface area contributed by atoms with Crippen LogP contribution in [0.2, 0.25) is 0 Å². The Morgan fingerprint density at radius 2 is 2.14 bits per heavy atom. The van der Waals surface area contributed by atoms with Crippen LogP contribution in [0.1, 0.15) is 31.4 Å². The third-order valence-electron chi connectivity index (χ3n) is 3.82. The number of aromatic nitrogens is 2. The molecular formula is C15H21BrIN5. The summed E-state index contributed by atoms with van der Waals surface area (Å²) in [6, 6.07) is 4.56. The fraction of sp³-hybridized carbons (Fsp3) is 0.467. The minimum Gasteiger partial charge on any atom is -0.354 e. The van der Waals surface area contributed by atoms with Crippen molar-refractivity contribution in [2.75, 3.05) is 7.05 Å². The van der Waals surface area contributed by atoms with Crippen molar-refractivity contribution in [1.29, 1.82) is 0 Å². The Labute approximate surface area is 156 Å². The van der Waals surface area contributed by atoms with E-state index in [9.17, 15) is 0 Å². The highest BCUT2D eigenvalue weighted by Crippen LogP contribution is 2.17. The van der Waals surface area contributed by atoms with Crippen molar-refractivity contribution in [3.63, 3.8) is 0 Å². The monoisotopic (exact) mass is 477 g/mol. The molecule has 5 nitrogen and oxygen atoms in total. The summed E-state index contributed by atoms with van der Waals surface area (Å²) >= 11 is 3.47. The van der Waals surface area contributed by atoms with Crippen LogP contribution < -0.4 is 10.6 Å². The van der Waals surface area contributed by atoms with Crippen LogP contribution in [0.3, 0.4) is 0 Å². The van der Waals surface area contributed by atoms with E-state index in [4.69, 9.17) is 0 Å². The average Bonchev–Trinajstić information content (AvgIpc) is 3.11. The number of fused-ring (bicyclic) bond motifs is 1. The molecule has 22 heavy (non-hydrogen) atoms. The van der Waals surface area contributed by atoms with Gasteiger partial charge >= 0.3 is 0 Å². The van der Waals surface area contributed by atoms with Gasteiger partial charge in [0.05, 0.1) is 12.2 Å². The molecule has 0 spiro atoms. The maximum atomic E-state index is 4.59. The van der Waals surface area contributed by atoms with E-state index in [1.807, 2.05) is 36.0 Å². The first-order chi connectivity index (χ1) is 10.2. The van der Waals surface area contributed by atoms with Gasteiger partial charge in [0.2, 0.25) is 0 Å². The van der Waals surface area contributed by atoms with E-state index < -0.39 is 0 Å². The molecule has 120 valence electrons. The maximum Gasteiger partial charge on any atom is 0.191 e. The van der Waals surface area contributed by atoms with Gasteiger partial charge in [0, 0.05) is 30.0 Å². The zero-order valence-corrected chi connectivity index (χ0v) is 16.5. The second-order valence-corrected chi connectivity index (χ2v) is 6.31. The van der Waals surface area contributed by atoms with Crippen LogP contribution in [-0.2, 0) is 6.54 Å². The lowest BCUT2D eigenvalue weighted by molar-refractivity contribution is 0.613. The lowest BCUT2D eigenvalue weighted by Crippen LogP contribution is -2.41. The normalized spacial score (nSPS) is 15.8. The Kier molecular flexibility index (Phi) is 6.49. The average molecular weight is 478 g/mol. The van der Waals surface area contributed by atoms with Crippen molar-refractivity contribution in [3.8, 4) is 0 Å². The van der Waals surface area contributed by atoms with Crippen molar-refractivity contribution in [1.82, 2.24) is 20.0 Å². The molecule has 2 N–H and O–H groups in total. The highest BCUT2D eigenvalue weighted by Gasteiger charge is 2.15. The zero-order chi connectivity index (χ0) is 14.7. The van der Waals surface area contributed by atoms with E-state index >= 15 is 0 Å². The van der Waals surface area contributed by atoms with Gasteiger partial charge in [-0.2, -0.15) is 0 Å². The number of pyridine rings is 1. The van der Waals surface area contributed by atoms with Crippen LogP contribution in [0.5, 0.6) is 0 Å². The Morgan fingerprint density at radius 3 is 2.86 bits per heavy atom. The number of aliphatic imine (C=N–C) groups is 1. The van der Waals surface area contributed by atoms with Gasteiger partial charge in [-0.05, 0) is 40.9 Å². The van der Waals surface area contributed by atoms with Gasteiger partial charge in [-0.15, -0.1) is 24.0 Å². The summed E-state index contributed by atoms with van der Waals surface area (Å²) in [5, 5.41) is 6.82. The molecule has 2 heterocycles. The predicted molar refractivity (Wildman–Crippen MR) is 104 cm³/mol. The van der Waals surface area contributed by atoms with Gasteiger partial charge < -0.3 is 15.0 Å². The molecule has 0 amide bonds. The molecule has 1 saturated carbocycles. The summed E-state index contributed by atoms with van der Waals surface area (Å²) in [5.74, 6) is 0.861. The Morgan fingerprint density at radius 1 is 1.36 bits per heavy atom. The van der Waals surface area contributed by atoms with Gasteiger partial charge in [-0.25, -0.2) is 4.98 Å². The van der Waals surface area contributed by atoms with Gasteiger partial charge in [0.25, 0.3) is 0 Å². The zero-order valence-electron chi connectivity index (χ0n) is 12.6. The van der Waals surface area contributed by atoms with E-state index in [1.165, 1.54) is 25.7 Å². The molecule has 2 aromatic rings. The minimum atomic E-state index is 0. The van der Waals surface area contributed by atoms with E-state index in [0.717, 1.165) is 21.8 Å². The molecule has 7 heteroatoms. The summed E-state index contributed by atoms with van der Waals surface area (Å²) < 4.78 is 3.07. The quantitative estimate of drug-likeness (QED) is 0.405. The largest absolute Gasteiger partial charge is 0.354 e. The number of imidazole rings is 1. The number of hydrogen-bond donors (Lipinski definition) is 2. The number of nitrogens with one attached hydrogen (secondary N) is 2. The molecule has 2 aromatic heterocycles. The van der Waals surface area contributed by atoms with Crippen LogP contribution in [0, 0.1) is 0 Å². The summed E-state index contributed by atoms with van der Waals surface area (Å²) in [7, 11) is 1.81. The molecular weight excluding hydrogens is 457 g/mol. The molecule has 3 rings (SSSR count). The molecule has 1 aliphatic rings. The van der Waals surface area contributed by atoms with E-state index in [1.54, 1.807) is 0 Å². The highest BCUT2D eigenvalue weighted by atomic mass is 127. The lowest BCUT2D eigenvalue weighted by Gasteiger charge is -2.16. The fourth-order valence-corrected chi connectivity index (χ4v) is 3.09. The van der Waals surface area contributed by atoms with Gasteiger partial charge in [-0.3, -0.25) is 4.99 Å². The van der Waals surface area contributed by atoms with Gasteiger partial charge in [0.1, 0.15) is 5.65 Å². The molecule has 0 bridgehead atoms. The standard InChI is InChI=1S/C15H20BrN5.HI/c1-17-15(20-12-4-2-3-5-12)18-8-13-10-21-9-11(16)6-7-14(21)19-13;/h6-7,9-10,12H,2-5,8H2,1H3,(H2,17,18,20);1H. The number of guanidine groups is 1. The summed E-state index contributed by atoms with van der Waals surface area (Å²) in [5.41, 5.74) is 1.95. The maximum absolute atomic E-state index is 4.59.